The predicted octanol–water partition coefficient (Wildman–Crippen LogP) is 2.27. The van der Waals surface area contributed by atoms with Crippen LogP contribution in [0.4, 0.5) is 5.82 Å². The maximum atomic E-state index is 12.5. The Bertz CT molecular complexity index is 941. The van der Waals surface area contributed by atoms with Crippen LogP contribution in [-0.4, -0.2) is 38.6 Å². The van der Waals surface area contributed by atoms with E-state index in [2.05, 4.69) is 56.5 Å². The molecular weight excluding hydrogens is 340 g/mol. The molecule has 0 bridgehead atoms. The van der Waals surface area contributed by atoms with Gasteiger partial charge in [0.1, 0.15) is 12.1 Å². The summed E-state index contributed by atoms with van der Waals surface area (Å²) in [4.78, 5) is 23.4. The second kappa shape index (κ2) is 7.34. The van der Waals surface area contributed by atoms with Crippen LogP contribution in [0.2, 0.25) is 0 Å². The third kappa shape index (κ3) is 3.77. The molecule has 1 saturated heterocycles. The molecule has 140 valence electrons. The van der Waals surface area contributed by atoms with Gasteiger partial charge < -0.3 is 10.2 Å². The zero-order valence-corrected chi connectivity index (χ0v) is 15.7. The Morgan fingerprint density at radius 1 is 1.19 bits per heavy atom. The van der Waals surface area contributed by atoms with E-state index < -0.39 is 0 Å². The smallest absolute Gasteiger partial charge is 0.254 e. The Hall–Kier alpha value is -2.96. The van der Waals surface area contributed by atoms with Gasteiger partial charge in [-0.25, -0.2) is 4.98 Å². The van der Waals surface area contributed by atoms with Crippen LogP contribution in [0.25, 0.3) is 5.78 Å². The van der Waals surface area contributed by atoms with Crippen molar-refractivity contribution in [3.8, 4) is 0 Å². The molecule has 0 aliphatic carbocycles. The Morgan fingerprint density at radius 2 is 1.93 bits per heavy atom. The van der Waals surface area contributed by atoms with Crippen molar-refractivity contribution in [3.05, 3.63) is 53.5 Å². The third-order valence-electron chi connectivity index (χ3n) is 5.14. The molecule has 1 aromatic carbocycles. The van der Waals surface area contributed by atoms with Crippen molar-refractivity contribution in [1.29, 1.82) is 0 Å². The van der Waals surface area contributed by atoms with E-state index in [0.717, 1.165) is 43.0 Å². The molecule has 7 nitrogen and oxygen atoms in total. The highest BCUT2D eigenvalue weighted by atomic mass is 16.1. The van der Waals surface area contributed by atoms with Crippen LogP contribution in [-0.2, 0) is 11.3 Å². The molecule has 0 spiro atoms. The van der Waals surface area contributed by atoms with Crippen molar-refractivity contribution in [2.24, 2.45) is 5.92 Å². The summed E-state index contributed by atoms with van der Waals surface area (Å²) < 4.78 is 1.77. The lowest BCUT2D eigenvalue weighted by Crippen LogP contribution is -2.41. The van der Waals surface area contributed by atoms with Crippen molar-refractivity contribution in [1.82, 2.24) is 24.9 Å². The quantitative estimate of drug-likeness (QED) is 0.769. The Morgan fingerprint density at radius 3 is 2.67 bits per heavy atom. The van der Waals surface area contributed by atoms with E-state index in [9.17, 15) is 4.79 Å². The molecule has 4 rings (SSSR count). The lowest BCUT2D eigenvalue weighted by Gasteiger charge is -2.32. The van der Waals surface area contributed by atoms with Crippen molar-refractivity contribution in [2.45, 2.75) is 33.2 Å². The molecule has 1 aliphatic heterocycles. The number of nitrogens with one attached hydrogen (secondary N) is 1. The van der Waals surface area contributed by atoms with Crippen LogP contribution in [0.1, 0.15) is 29.7 Å². The molecule has 27 heavy (non-hydrogen) atoms. The van der Waals surface area contributed by atoms with Gasteiger partial charge in [0, 0.05) is 37.3 Å². The molecule has 0 radical (unpaired) electrons. The van der Waals surface area contributed by atoms with Crippen molar-refractivity contribution in [3.63, 3.8) is 0 Å². The lowest BCUT2D eigenvalue weighted by molar-refractivity contribution is -0.125. The summed E-state index contributed by atoms with van der Waals surface area (Å²) in [7, 11) is 0. The molecule has 7 heteroatoms. The molecule has 0 saturated carbocycles. The number of amides is 1. The molecule has 0 unspecified atom stereocenters. The third-order valence-corrected chi connectivity index (χ3v) is 5.14. The average Bonchev–Trinajstić information content (AvgIpc) is 3.15. The van der Waals surface area contributed by atoms with E-state index in [0.29, 0.717) is 12.3 Å². The zero-order valence-electron chi connectivity index (χ0n) is 15.7. The van der Waals surface area contributed by atoms with Gasteiger partial charge in [-0.1, -0.05) is 29.8 Å². The highest BCUT2D eigenvalue weighted by Gasteiger charge is 2.26. The number of hydrogen-bond donors (Lipinski definition) is 1. The summed E-state index contributed by atoms with van der Waals surface area (Å²) in [5.74, 6) is 1.81. The van der Waals surface area contributed by atoms with E-state index in [1.165, 1.54) is 11.9 Å². The van der Waals surface area contributed by atoms with E-state index >= 15 is 0 Å². The lowest BCUT2D eigenvalue weighted by atomic mass is 9.95. The molecule has 1 fully saturated rings. The Kier molecular flexibility index (Phi) is 4.75. The predicted molar refractivity (Wildman–Crippen MR) is 103 cm³/mol. The van der Waals surface area contributed by atoms with Crippen molar-refractivity contribution < 1.29 is 4.79 Å². The molecular formula is C20H24N6O. The summed E-state index contributed by atoms with van der Waals surface area (Å²) in [5.41, 5.74) is 3.28. The van der Waals surface area contributed by atoms with Crippen LogP contribution in [0, 0.1) is 19.8 Å². The van der Waals surface area contributed by atoms with Gasteiger partial charge in [0.05, 0.1) is 0 Å². The van der Waals surface area contributed by atoms with Gasteiger partial charge in [0.2, 0.25) is 5.91 Å². The van der Waals surface area contributed by atoms with Gasteiger partial charge in [-0.2, -0.15) is 14.6 Å². The monoisotopic (exact) mass is 364 g/mol. The van der Waals surface area contributed by atoms with Crippen molar-refractivity contribution in [2.75, 3.05) is 18.0 Å². The minimum Gasteiger partial charge on any atom is -0.356 e. The highest BCUT2D eigenvalue weighted by molar-refractivity contribution is 5.79. The number of rotatable bonds is 4. The van der Waals surface area contributed by atoms with Crippen LogP contribution in [0.5, 0.6) is 0 Å². The first-order chi connectivity index (χ1) is 13.1. The van der Waals surface area contributed by atoms with E-state index in [1.807, 2.05) is 13.0 Å². The number of fused-ring (bicyclic) bond motifs is 1. The number of carbonyl (C=O) groups is 1. The standard InChI is InChI=1S/C20H24N6O/c1-14-3-5-16(6-4-14)12-21-19(27)17-7-9-25(10-8-17)18-11-15(2)24-20-22-13-23-26(18)20/h3-6,11,13,17H,7-10,12H2,1-2H3,(H,21,27). The number of benzene rings is 1. The maximum Gasteiger partial charge on any atom is 0.254 e. The van der Waals surface area contributed by atoms with Crippen LogP contribution >= 0.6 is 0 Å². The number of anilines is 1. The Labute approximate surface area is 158 Å². The summed E-state index contributed by atoms with van der Waals surface area (Å²) in [6.45, 7) is 6.25. The molecule has 1 N–H and O–H groups in total. The molecule has 1 amide bonds. The normalized spacial score (nSPS) is 15.3. The first kappa shape index (κ1) is 17.5. The van der Waals surface area contributed by atoms with E-state index in [1.54, 1.807) is 4.52 Å². The fraction of sp³-hybridized carbons (Fsp3) is 0.400. The Balaban J connectivity index is 1.36. The number of aryl methyl sites for hydroxylation is 2. The first-order valence-electron chi connectivity index (χ1n) is 9.36. The van der Waals surface area contributed by atoms with Gasteiger partial charge in [0.25, 0.3) is 5.78 Å². The number of piperidine rings is 1. The average molecular weight is 364 g/mol. The summed E-state index contributed by atoms with van der Waals surface area (Å²) in [6, 6.07) is 10.3. The SMILES string of the molecule is Cc1ccc(CNC(=O)C2CCN(c3cc(C)nc4ncnn34)CC2)cc1. The molecule has 3 aromatic rings. The molecule has 1 aliphatic rings. The minimum atomic E-state index is 0.0564. The van der Waals surface area contributed by atoms with Gasteiger partial charge in [-0.15, -0.1) is 0 Å². The minimum absolute atomic E-state index is 0.0564. The number of aromatic nitrogens is 4. The van der Waals surface area contributed by atoms with Crippen LogP contribution < -0.4 is 10.2 Å². The second-order valence-corrected chi connectivity index (χ2v) is 7.19. The first-order valence-corrected chi connectivity index (χ1v) is 9.36. The second-order valence-electron chi connectivity index (χ2n) is 7.19. The topological polar surface area (TPSA) is 75.4 Å². The van der Waals surface area contributed by atoms with Gasteiger partial charge >= 0.3 is 0 Å². The fourth-order valence-corrected chi connectivity index (χ4v) is 3.55. The maximum absolute atomic E-state index is 12.5. The largest absolute Gasteiger partial charge is 0.356 e. The molecule has 0 atom stereocenters. The van der Waals surface area contributed by atoms with Gasteiger partial charge in [-0.05, 0) is 32.3 Å². The summed E-state index contributed by atoms with van der Waals surface area (Å²) in [5, 5.41) is 7.36. The fourth-order valence-electron chi connectivity index (χ4n) is 3.55. The summed E-state index contributed by atoms with van der Waals surface area (Å²) >= 11 is 0. The molecule has 3 heterocycles. The van der Waals surface area contributed by atoms with E-state index in [4.69, 9.17) is 0 Å². The number of carbonyl (C=O) groups excluding carboxylic acids is 1. The molecule has 2 aromatic heterocycles. The van der Waals surface area contributed by atoms with Crippen LogP contribution in [0.15, 0.2) is 36.7 Å². The number of nitrogens with zero attached hydrogens (tertiary/aromatic N) is 5. The van der Waals surface area contributed by atoms with E-state index in [-0.39, 0.29) is 11.8 Å². The number of hydrogen-bond acceptors (Lipinski definition) is 5. The van der Waals surface area contributed by atoms with Crippen molar-refractivity contribution >= 4 is 17.5 Å². The highest BCUT2D eigenvalue weighted by Crippen LogP contribution is 2.24. The van der Waals surface area contributed by atoms with Crippen LogP contribution in [0.3, 0.4) is 0 Å². The zero-order chi connectivity index (χ0) is 18.8. The van der Waals surface area contributed by atoms with Gasteiger partial charge in [-0.3, -0.25) is 4.79 Å². The van der Waals surface area contributed by atoms with Gasteiger partial charge in [0.15, 0.2) is 0 Å². The summed E-state index contributed by atoms with van der Waals surface area (Å²) in [6.07, 6.45) is 3.19.